The van der Waals surface area contributed by atoms with Crippen LogP contribution in [-0.2, 0) is 6.42 Å². The van der Waals surface area contributed by atoms with Crippen molar-refractivity contribution < 1.29 is 0 Å². The van der Waals surface area contributed by atoms with Gasteiger partial charge in [0.15, 0.2) is 0 Å². The van der Waals surface area contributed by atoms with E-state index in [1.165, 1.54) is 39.0 Å². The Morgan fingerprint density at radius 1 is 0.929 bits per heavy atom. The molecule has 1 atom stereocenters. The maximum Gasteiger partial charge on any atom is 0.0644 e. The van der Waals surface area contributed by atoms with E-state index in [9.17, 15) is 0 Å². The van der Waals surface area contributed by atoms with Crippen LogP contribution in [0.15, 0.2) is 83.9 Å². The van der Waals surface area contributed by atoms with Gasteiger partial charge in [0.2, 0.25) is 0 Å². The summed E-state index contributed by atoms with van der Waals surface area (Å²) in [6, 6.07) is 27.3. The largest absolute Gasteiger partial charge is 0.353 e. The van der Waals surface area contributed by atoms with E-state index in [1.807, 2.05) is 12.1 Å². The Morgan fingerprint density at radius 2 is 1.75 bits per heavy atom. The Morgan fingerprint density at radius 3 is 2.61 bits per heavy atom. The monoisotopic (exact) mass is 384 g/mol. The Bertz CT molecular complexity index is 1160. The van der Waals surface area contributed by atoms with Gasteiger partial charge in [-0.25, -0.2) is 0 Å². The van der Waals surface area contributed by atoms with Crippen LogP contribution in [0.3, 0.4) is 0 Å². The van der Waals surface area contributed by atoms with E-state index in [1.54, 1.807) is 0 Å². The normalized spacial score (nSPS) is 17.3. The quantitative estimate of drug-likeness (QED) is 0.422. The lowest BCUT2D eigenvalue weighted by molar-refractivity contribution is 0.887. The Kier molecular flexibility index (Phi) is 4.50. The molecule has 0 saturated carbocycles. The van der Waals surface area contributed by atoms with Crippen LogP contribution < -0.4 is 0 Å². The van der Waals surface area contributed by atoms with Crippen molar-refractivity contribution >= 4 is 28.2 Å². The third kappa shape index (κ3) is 3.14. The molecule has 0 spiro atoms. The van der Waals surface area contributed by atoms with Crippen molar-refractivity contribution in [1.82, 2.24) is 4.98 Å². The smallest absolute Gasteiger partial charge is 0.0644 e. The molecule has 28 heavy (non-hydrogen) atoms. The third-order valence-electron chi connectivity index (χ3n) is 5.58. The molecule has 0 amide bonds. The number of benzene rings is 3. The second-order valence-electron chi connectivity index (χ2n) is 7.33. The van der Waals surface area contributed by atoms with E-state index < -0.39 is 0 Å². The number of para-hydroxylation sites is 1. The summed E-state index contributed by atoms with van der Waals surface area (Å²) in [6.45, 7) is 0.802. The van der Waals surface area contributed by atoms with Gasteiger partial charge in [0.25, 0.3) is 0 Å². The van der Waals surface area contributed by atoms with Crippen LogP contribution in [0.2, 0.25) is 5.02 Å². The SMILES string of the molecule is Clc1cccc(C2CC(=NCCc3ccccc3)c3[nH]c4ccccc4c32)c1. The van der Waals surface area contributed by atoms with Crippen LogP contribution >= 0.6 is 11.6 Å². The molecule has 138 valence electrons. The lowest BCUT2D eigenvalue weighted by Crippen LogP contribution is -2.01. The summed E-state index contributed by atoms with van der Waals surface area (Å²) >= 11 is 6.29. The first kappa shape index (κ1) is 17.3. The van der Waals surface area contributed by atoms with Crippen molar-refractivity contribution in [2.75, 3.05) is 6.54 Å². The lowest BCUT2D eigenvalue weighted by atomic mass is 9.92. The van der Waals surface area contributed by atoms with Gasteiger partial charge in [0.05, 0.1) is 11.4 Å². The van der Waals surface area contributed by atoms with Gasteiger partial charge < -0.3 is 4.98 Å². The maximum absolute atomic E-state index is 6.29. The summed E-state index contributed by atoms with van der Waals surface area (Å²) in [4.78, 5) is 8.63. The number of H-pyrrole nitrogens is 1. The number of nitrogens with zero attached hydrogens (tertiary/aromatic N) is 1. The number of fused-ring (bicyclic) bond motifs is 3. The summed E-state index contributed by atoms with van der Waals surface area (Å²) in [7, 11) is 0. The zero-order chi connectivity index (χ0) is 18.9. The first-order valence-corrected chi connectivity index (χ1v) is 10.1. The molecule has 1 heterocycles. The van der Waals surface area contributed by atoms with E-state index in [2.05, 4.69) is 71.7 Å². The van der Waals surface area contributed by atoms with E-state index in [4.69, 9.17) is 16.6 Å². The molecule has 1 N–H and O–H groups in total. The van der Waals surface area contributed by atoms with Crippen molar-refractivity contribution in [2.24, 2.45) is 4.99 Å². The van der Waals surface area contributed by atoms with Crippen LogP contribution in [0.1, 0.15) is 34.7 Å². The molecule has 0 saturated heterocycles. The molecular weight excluding hydrogens is 364 g/mol. The molecule has 3 heteroatoms. The fourth-order valence-corrected chi connectivity index (χ4v) is 4.47. The molecule has 0 radical (unpaired) electrons. The van der Waals surface area contributed by atoms with E-state index in [0.717, 1.165) is 24.4 Å². The van der Waals surface area contributed by atoms with Gasteiger partial charge in [0.1, 0.15) is 0 Å². The number of nitrogens with one attached hydrogen (secondary N) is 1. The van der Waals surface area contributed by atoms with Crippen LogP contribution in [0.4, 0.5) is 0 Å². The van der Waals surface area contributed by atoms with Gasteiger partial charge in [0, 0.05) is 34.8 Å². The molecule has 4 aromatic rings. The molecule has 1 unspecified atom stereocenters. The predicted molar refractivity (Wildman–Crippen MR) is 118 cm³/mol. The highest BCUT2D eigenvalue weighted by Gasteiger charge is 2.32. The first-order valence-electron chi connectivity index (χ1n) is 9.73. The fourth-order valence-electron chi connectivity index (χ4n) is 4.27. The second kappa shape index (κ2) is 7.29. The Hall–Kier alpha value is -2.84. The molecule has 3 aromatic carbocycles. The molecule has 1 aromatic heterocycles. The van der Waals surface area contributed by atoms with Gasteiger partial charge in [-0.3, -0.25) is 4.99 Å². The average Bonchev–Trinajstić information content (AvgIpc) is 3.27. The topological polar surface area (TPSA) is 28.1 Å². The van der Waals surface area contributed by atoms with Gasteiger partial charge >= 0.3 is 0 Å². The molecule has 0 aliphatic heterocycles. The summed E-state index contributed by atoms with van der Waals surface area (Å²) < 4.78 is 0. The molecule has 1 aliphatic carbocycles. The van der Waals surface area contributed by atoms with Gasteiger partial charge in [-0.1, -0.05) is 72.3 Å². The molecule has 2 nitrogen and oxygen atoms in total. The number of hydrogen-bond acceptors (Lipinski definition) is 1. The standard InChI is InChI=1S/C25H21ClN2/c26-19-10-6-9-18(15-19)21-16-23(27-14-13-17-7-2-1-3-8-17)25-24(21)20-11-4-5-12-22(20)28-25/h1-12,15,21,28H,13-14,16H2. The zero-order valence-corrected chi connectivity index (χ0v) is 16.3. The Balaban J connectivity index is 1.53. The van der Waals surface area contributed by atoms with E-state index >= 15 is 0 Å². The first-order chi connectivity index (χ1) is 13.8. The summed E-state index contributed by atoms with van der Waals surface area (Å²) in [5, 5.41) is 2.07. The molecule has 1 aliphatic rings. The molecular formula is C25H21ClN2. The van der Waals surface area contributed by atoms with Crippen molar-refractivity contribution in [2.45, 2.75) is 18.8 Å². The minimum absolute atomic E-state index is 0.292. The number of hydrogen-bond donors (Lipinski definition) is 1. The van der Waals surface area contributed by atoms with Gasteiger partial charge in [-0.2, -0.15) is 0 Å². The second-order valence-corrected chi connectivity index (χ2v) is 7.77. The Labute approximate surface area is 169 Å². The summed E-state index contributed by atoms with van der Waals surface area (Å²) in [5.74, 6) is 0.292. The van der Waals surface area contributed by atoms with Gasteiger partial charge in [-0.05, 0) is 41.3 Å². The number of rotatable bonds is 4. The third-order valence-corrected chi connectivity index (χ3v) is 5.81. The number of aromatic amines is 1. The highest BCUT2D eigenvalue weighted by Crippen LogP contribution is 2.43. The van der Waals surface area contributed by atoms with Crippen molar-refractivity contribution in [3.8, 4) is 0 Å². The fraction of sp³-hybridized carbons (Fsp3) is 0.160. The van der Waals surface area contributed by atoms with Gasteiger partial charge in [-0.15, -0.1) is 0 Å². The lowest BCUT2D eigenvalue weighted by Gasteiger charge is -2.12. The molecule has 5 rings (SSSR count). The van der Waals surface area contributed by atoms with Crippen molar-refractivity contribution in [3.05, 3.63) is 106 Å². The van der Waals surface area contributed by atoms with Crippen molar-refractivity contribution in [1.29, 1.82) is 0 Å². The number of halogens is 1. The van der Waals surface area contributed by atoms with Crippen molar-refractivity contribution in [3.63, 3.8) is 0 Å². The zero-order valence-electron chi connectivity index (χ0n) is 15.5. The predicted octanol–water partition coefficient (Wildman–Crippen LogP) is 6.39. The molecule has 0 bridgehead atoms. The highest BCUT2D eigenvalue weighted by atomic mass is 35.5. The number of aliphatic imine (C=N–C) groups is 1. The summed E-state index contributed by atoms with van der Waals surface area (Å²) in [5.41, 5.74) is 7.48. The van der Waals surface area contributed by atoms with Crippen LogP contribution in [-0.4, -0.2) is 17.2 Å². The highest BCUT2D eigenvalue weighted by molar-refractivity contribution is 6.30. The molecule has 0 fully saturated rings. The summed E-state index contributed by atoms with van der Waals surface area (Å²) in [6.07, 6.45) is 1.88. The van der Waals surface area contributed by atoms with E-state index in [0.29, 0.717) is 5.92 Å². The van der Waals surface area contributed by atoms with Crippen LogP contribution in [0.25, 0.3) is 10.9 Å². The van der Waals surface area contributed by atoms with E-state index in [-0.39, 0.29) is 0 Å². The maximum atomic E-state index is 6.29. The minimum Gasteiger partial charge on any atom is -0.353 e. The van der Waals surface area contributed by atoms with Crippen LogP contribution in [0, 0.1) is 0 Å². The van der Waals surface area contributed by atoms with Crippen LogP contribution in [0.5, 0.6) is 0 Å². The average molecular weight is 385 g/mol. The number of aromatic nitrogens is 1. The minimum atomic E-state index is 0.292.